The highest BCUT2D eigenvalue weighted by molar-refractivity contribution is 9.10. The van der Waals surface area contributed by atoms with Gasteiger partial charge in [0.1, 0.15) is 5.49 Å². The predicted molar refractivity (Wildman–Crippen MR) is 69.3 cm³/mol. The molecule has 0 aliphatic heterocycles. The normalized spacial score (nSPS) is 10.9. The first-order valence-corrected chi connectivity index (χ1v) is 6.17. The summed E-state index contributed by atoms with van der Waals surface area (Å²) in [7, 11) is 0. The Bertz CT molecular complexity index is 640. The maximum Gasteiger partial charge on any atom is 0.267 e. The Morgan fingerprint density at radius 1 is 1.22 bits per heavy atom. The van der Waals surface area contributed by atoms with Gasteiger partial charge >= 0.3 is 0 Å². The number of pyridine rings is 1. The number of nitrogens with one attached hydrogen (secondary N) is 1. The molecule has 94 valence electrons. The number of aromatic nitrogens is 1. The van der Waals surface area contributed by atoms with Gasteiger partial charge in [-0.2, -0.15) is 0 Å². The largest absolute Gasteiger partial charge is 0.301 e. The fraction of sp³-hybridized carbons (Fsp3) is 0.0833. The third-order valence-corrected chi connectivity index (χ3v) is 3.22. The Morgan fingerprint density at radius 3 is 2.61 bits per heavy atom. The molecule has 0 radical (unpaired) electrons. The van der Waals surface area contributed by atoms with Crippen LogP contribution in [0.5, 0.6) is 0 Å². The molecule has 0 saturated carbocycles. The Hall–Kier alpha value is -1.20. The van der Waals surface area contributed by atoms with E-state index in [1.165, 1.54) is 22.8 Å². The van der Waals surface area contributed by atoms with Gasteiger partial charge in [0.2, 0.25) is 0 Å². The number of hydrogen-bond acceptors (Lipinski definition) is 1. The zero-order valence-corrected chi connectivity index (χ0v) is 11.3. The van der Waals surface area contributed by atoms with Crippen LogP contribution in [-0.2, 0) is 0 Å². The van der Waals surface area contributed by atoms with E-state index in [1.807, 2.05) is 0 Å². The molecule has 0 amide bonds. The van der Waals surface area contributed by atoms with Crippen molar-refractivity contribution in [3.8, 4) is 5.69 Å². The van der Waals surface area contributed by atoms with E-state index in [9.17, 15) is 8.78 Å². The van der Waals surface area contributed by atoms with E-state index in [0.29, 0.717) is 4.47 Å². The third kappa shape index (κ3) is 2.47. The van der Waals surface area contributed by atoms with Crippen molar-refractivity contribution in [1.29, 1.82) is 5.41 Å². The summed E-state index contributed by atoms with van der Waals surface area (Å²) in [5.74, 6) is 0. The Balaban J connectivity index is 2.75. The number of rotatable bonds is 2. The van der Waals surface area contributed by atoms with E-state index in [4.69, 9.17) is 17.0 Å². The second-order valence-electron chi connectivity index (χ2n) is 3.58. The number of alkyl halides is 2. The Kier molecular flexibility index (Phi) is 3.82. The molecule has 2 nitrogen and oxygen atoms in total. The van der Waals surface area contributed by atoms with Crippen molar-refractivity contribution >= 4 is 27.5 Å². The SMILES string of the molecule is N=c1ccc(Br)cn1-c1cccc(Cl)c1C(F)F. The average molecular weight is 334 g/mol. The van der Waals surface area contributed by atoms with Crippen molar-refractivity contribution < 1.29 is 8.78 Å². The van der Waals surface area contributed by atoms with E-state index < -0.39 is 6.43 Å². The summed E-state index contributed by atoms with van der Waals surface area (Å²) >= 11 is 9.05. The van der Waals surface area contributed by atoms with E-state index >= 15 is 0 Å². The molecule has 1 aromatic heterocycles. The topological polar surface area (TPSA) is 28.8 Å². The van der Waals surface area contributed by atoms with Gasteiger partial charge in [-0.3, -0.25) is 5.41 Å². The molecule has 1 aromatic carbocycles. The monoisotopic (exact) mass is 332 g/mol. The first-order valence-electron chi connectivity index (χ1n) is 5.00. The molecule has 0 saturated heterocycles. The van der Waals surface area contributed by atoms with Crippen molar-refractivity contribution in [2.75, 3.05) is 0 Å². The summed E-state index contributed by atoms with van der Waals surface area (Å²) in [5, 5.41) is 7.76. The zero-order valence-electron chi connectivity index (χ0n) is 9.00. The molecule has 0 bridgehead atoms. The molecule has 0 unspecified atom stereocenters. The predicted octanol–water partition coefficient (Wildman–Crippen LogP) is 4.31. The van der Waals surface area contributed by atoms with Crippen molar-refractivity contribution in [1.82, 2.24) is 4.57 Å². The summed E-state index contributed by atoms with van der Waals surface area (Å²) in [6, 6.07) is 7.69. The van der Waals surface area contributed by atoms with Crippen LogP contribution >= 0.6 is 27.5 Å². The van der Waals surface area contributed by atoms with Gasteiger partial charge in [-0.15, -0.1) is 0 Å². The lowest BCUT2D eigenvalue weighted by Crippen LogP contribution is -2.18. The van der Waals surface area contributed by atoms with Crippen LogP contribution in [0.1, 0.15) is 12.0 Å². The molecule has 0 aliphatic rings. The molecule has 1 N–H and O–H groups in total. The van der Waals surface area contributed by atoms with Gasteiger partial charge in [-0.25, -0.2) is 8.78 Å². The number of benzene rings is 1. The molecule has 0 aliphatic carbocycles. The van der Waals surface area contributed by atoms with Gasteiger partial charge in [-0.05, 0) is 40.2 Å². The lowest BCUT2D eigenvalue weighted by atomic mass is 10.1. The first-order chi connectivity index (χ1) is 8.50. The van der Waals surface area contributed by atoms with Crippen LogP contribution in [-0.4, -0.2) is 4.57 Å². The molecule has 0 fully saturated rings. The number of nitrogens with zero attached hydrogens (tertiary/aromatic N) is 1. The van der Waals surface area contributed by atoms with E-state index in [0.717, 1.165) is 0 Å². The van der Waals surface area contributed by atoms with Gasteiger partial charge in [-0.1, -0.05) is 17.7 Å². The quantitative estimate of drug-likeness (QED) is 0.848. The fourth-order valence-corrected chi connectivity index (χ4v) is 2.21. The van der Waals surface area contributed by atoms with Crippen molar-refractivity contribution in [3.05, 3.63) is 57.1 Å². The maximum absolute atomic E-state index is 13.0. The minimum atomic E-state index is -2.69. The molecule has 0 spiro atoms. The molecular formula is C12H8BrClF2N2. The van der Waals surface area contributed by atoms with Crippen LogP contribution in [0.3, 0.4) is 0 Å². The molecule has 2 rings (SSSR count). The van der Waals surface area contributed by atoms with Crippen LogP contribution in [0, 0.1) is 5.41 Å². The minimum absolute atomic E-state index is 0.00521. The summed E-state index contributed by atoms with van der Waals surface area (Å²) in [6.45, 7) is 0. The van der Waals surface area contributed by atoms with Crippen molar-refractivity contribution in [3.63, 3.8) is 0 Å². The molecule has 0 atom stereocenters. The standard InChI is InChI=1S/C12H8BrClF2N2/c13-7-4-5-10(17)18(6-7)9-3-1-2-8(14)11(9)12(15)16/h1-6,12,17H. The molecule has 2 aromatic rings. The average Bonchev–Trinajstić information content (AvgIpc) is 2.31. The Morgan fingerprint density at radius 2 is 1.94 bits per heavy atom. The van der Waals surface area contributed by atoms with Gasteiger partial charge < -0.3 is 4.57 Å². The van der Waals surface area contributed by atoms with E-state index in [-0.39, 0.29) is 21.8 Å². The smallest absolute Gasteiger partial charge is 0.267 e. The molecule has 6 heteroatoms. The first kappa shape index (κ1) is 13.2. The van der Waals surface area contributed by atoms with Crippen LogP contribution in [0.2, 0.25) is 5.02 Å². The fourth-order valence-electron chi connectivity index (χ4n) is 1.63. The highest BCUT2D eigenvalue weighted by atomic mass is 79.9. The Labute approximate surface area is 115 Å². The van der Waals surface area contributed by atoms with E-state index in [2.05, 4.69) is 15.9 Å². The van der Waals surface area contributed by atoms with Gasteiger partial charge in [0.15, 0.2) is 0 Å². The highest BCUT2D eigenvalue weighted by Gasteiger charge is 2.18. The lowest BCUT2D eigenvalue weighted by molar-refractivity contribution is 0.151. The van der Waals surface area contributed by atoms with Crippen LogP contribution in [0.4, 0.5) is 8.78 Å². The maximum atomic E-state index is 13.0. The van der Waals surface area contributed by atoms with Crippen molar-refractivity contribution in [2.24, 2.45) is 0 Å². The summed E-state index contributed by atoms with van der Waals surface area (Å²) < 4.78 is 28.1. The van der Waals surface area contributed by atoms with Gasteiger partial charge in [0.25, 0.3) is 6.43 Å². The third-order valence-electron chi connectivity index (χ3n) is 2.42. The van der Waals surface area contributed by atoms with Crippen LogP contribution in [0.25, 0.3) is 5.69 Å². The highest BCUT2D eigenvalue weighted by Crippen LogP contribution is 2.32. The van der Waals surface area contributed by atoms with Crippen LogP contribution in [0.15, 0.2) is 41.0 Å². The number of halogens is 4. The summed E-state index contributed by atoms with van der Waals surface area (Å²) in [6.07, 6.45) is -1.14. The van der Waals surface area contributed by atoms with Crippen molar-refractivity contribution in [2.45, 2.75) is 6.43 Å². The lowest BCUT2D eigenvalue weighted by Gasteiger charge is -2.13. The second-order valence-corrected chi connectivity index (χ2v) is 4.90. The van der Waals surface area contributed by atoms with E-state index in [1.54, 1.807) is 18.3 Å². The van der Waals surface area contributed by atoms with Gasteiger partial charge in [0, 0.05) is 10.7 Å². The molecule has 1 heterocycles. The van der Waals surface area contributed by atoms with Gasteiger partial charge in [0.05, 0.1) is 16.3 Å². The minimum Gasteiger partial charge on any atom is -0.301 e. The molecule has 18 heavy (non-hydrogen) atoms. The van der Waals surface area contributed by atoms with Crippen LogP contribution < -0.4 is 5.49 Å². The molecular weight excluding hydrogens is 325 g/mol. The number of hydrogen-bond donors (Lipinski definition) is 1. The second kappa shape index (κ2) is 5.20. The summed E-state index contributed by atoms with van der Waals surface area (Å²) in [4.78, 5) is 0. The summed E-state index contributed by atoms with van der Waals surface area (Å²) in [5.41, 5.74) is 0.0435. The zero-order chi connectivity index (χ0) is 13.3.